The Hall–Kier alpha value is -1.65. The highest BCUT2D eigenvalue weighted by Crippen LogP contribution is 2.26. The lowest BCUT2D eigenvalue weighted by molar-refractivity contribution is 1.29. The summed E-state index contributed by atoms with van der Waals surface area (Å²) in [5.74, 6) is 0. The van der Waals surface area contributed by atoms with Crippen LogP contribution in [-0.4, -0.2) is 0 Å². The van der Waals surface area contributed by atoms with Gasteiger partial charge in [0.2, 0.25) is 0 Å². The van der Waals surface area contributed by atoms with E-state index in [0.717, 1.165) is 11.1 Å². The Morgan fingerprint density at radius 3 is 2.36 bits per heavy atom. The van der Waals surface area contributed by atoms with Gasteiger partial charge in [-0.2, -0.15) is 10.5 Å². The fourth-order valence-corrected chi connectivity index (χ4v) is 1.49. The van der Waals surface area contributed by atoms with Crippen LogP contribution in [0.15, 0.2) is 6.07 Å². The number of hydrogen-bond donors (Lipinski definition) is 2. The average molecular weight is 203 g/mol. The van der Waals surface area contributed by atoms with Crippen LogP contribution in [0.4, 0.5) is 5.69 Å². The Morgan fingerprint density at radius 1 is 1.29 bits per heavy atom. The van der Waals surface area contributed by atoms with Crippen LogP contribution in [0.1, 0.15) is 22.3 Å². The highest BCUT2D eigenvalue weighted by molar-refractivity contribution is 7.81. The molecule has 0 bridgehead atoms. The molecule has 1 aromatic rings. The predicted octanol–water partition coefficient (Wildman–Crippen LogP) is 2.30. The van der Waals surface area contributed by atoms with Crippen molar-refractivity contribution in [1.29, 1.82) is 10.5 Å². The molecule has 0 unspecified atom stereocenters. The van der Waals surface area contributed by atoms with E-state index >= 15 is 0 Å². The molecule has 0 aliphatic rings. The minimum absolute atomic E-state index is 0.444. The van der Waals surface area contributed by atoms with Crippen molar-refractivity contribution in [3.05, 3.63) is 28.3 Å². The van der Waals surface area contributed by atoms with Gasteiger partial charge in [-0.05, 0) is 31.0 Å². The van der Waals surface area contributed by atoms with Crippen molar-refractivity contribution >= 4 is 18.5 Å². The number of anilines is 1. The van der Waals surface area contributed by atoms with Crippen molar-refractivity contribution in [1.82, 2.24) is 0 Å². The minimum atomic E-state index is 0.444. The van der Waals surface area contributed by atoms with Gasteiger partial charge in [0.15, 0.2) is 0 Å². The van der Waals surface area contributed by atoms with Crippen molar-refractivity contribution in [3.63, 3.8) is 0 Å². The molecule has 14 heavy (non-hydrogen) atoms. The fraction of sp³-hybridized carbons (Fsp3) is 0.200. The summed E-state index contributed by atoms with van der Waals surface area (Å²) in [4.78, 5) is 0. The lowest BCUT2D eigenvalue weighted by Gasteiger charge is -2.09. The maximum absolute atomic E-state index is 8.94. The van der Waals surface area contributed by atoms with Crippen LogP contribution in [0, 0.1) is 36.5 Å². The van der Waals surface area contributed by atoms with Gasteiger partial charge in [-0.15, -0.1) is 0 Å². The fourth-order valence-electron chi connectivity index (χ4n) is 1.26. The number of hydrogen-bond acceptors (Lipinski definition) is 4. The Morgan fingerprint density at radius 2 is 1.93 bits per heavy atom. The Labute approximate surface area is 88.5 Å². The molecule has 1 rings (SSSR count). The molecule has 0 amide bonds. The van der Waals surface area contributed by atoms with E-state index in [1.165, 1.54) is 0 Å². The lowest BCUT2D eigenvalue weighted by Crippen LogP contribution is -1.97. The van der Waals surface area contributed by atoms with E-state index in [9.17, 15) is 0 Å². The molecule has 70 valence electrons. The van der Waals surface area contributed by atoms with Gasteiger partial charge >= 0.3 is 0 Å². The van der Waals surface area contributed by atoms with E-state index in [2.05, 4.69) is 23.6 Å². The minimum Gasteiger partial charge on any atom is -0.330 e. The molecular formula is C10H9N3S. The van der Waals surface area contributed by atoms with Crippen LogP contribution in [0.5, 0.6) is 0 Å². The molecule has 0 aromatic heterocycles. The van der Waals surface area contributed by atoms with Crippen LogP contribution in [0.2, 0.25) is 0 Å². The molecule has 0 fully saturated rings. The van der Waals surface area contributed by atoms with Gasteiger partial charge in [0.25, 0.3) is 0 Å². The molecule has 0 spiro atoms. The number of nitrogens with zero attached hydrogens (tertiary/aromatic N) is 2. The SMILES string of the molecule is Cc1cc(C#N)c(NS)c(C#N)c1C. The molecule has 4 heteroatoms. The molecule has 0 aliphatic heterocycles. The van der Waals surface area contributed by atoms with Crippen molar-refractivity contribution in [2.75, 3.05) is 4.72 Å². The quantitative estimate of drug-likeness (QED) is 0.688. The monoisotopic (exact) mass is 203 g/mol. The van der Waals surface area contributed by atoms with E-state index in [4.69, 9.17) is 10.5 Å². The van der Waals surface area contributed by atoms with Gasteiger partial charge in [-0.25, -0.2) is 0 Å². The van der Waals surface area contributed by atoms with Crippen LogP contribution < -0.4 is 4.72 Å². The third-order valence-electron chi connectivity index (χ3n) is 2.19. The maximum Gasteiger partial charge on any atom is 0.102 e. The lowest BCUT2D eigenvalue weighted by atomic mass is 9.98. The summed E-state index contributed by atoms with van der Waals surface area (Å²) in [5.41, 5.74) is 3.23. The Balaban J connectivity index is 3.63. The number of thiol groups is 1. The van der Waals surface area contributed by atoms with Crippen LogP contribution >= 0.6 is 12.8 Å². The van der Waals surface area contributed by atoms with Crippen LogP contribution in [-0.2, 0) is 0 Å². The number of nitrogens with one attached hydrogen (secondary N) is 1. The second-order valence-corrected chi connectivity index (χ2v) is 3.18. The molecule has 1 aromatic carbocycles. The van der Waals surface area contributed by atoms with Gasteiger partial charge in [-0.3, -0.25) is 0 Å². The number of aryl methyl sites for hydroxylation is 1. The molecule has 0 heterocycles. The second kappa shape index (κ2) is 4.04. The van der Waals surface area contributed by atoms with Crippen LogP contribution in [0.3, 0.4) is 0 Å². The average Bonchev–Trinajstić information content (AvgIpc) is 2.20. The van der Waals surface area contributed by atoms with E-state index in [-0.39, 0.29) is 0 Å². The zero-order chi connectivity index (χ0) is 10.7. The Kier molecular flexibility index (Phi) is 3.01. The van der Waals surface area contributed by atoms with Gasteiger partial charge in [0, 0.05) is 0 Å². The smallest absolute Gasteiger partial charge is 0.102 e. The summed E-state index contributed by atoms with van der Waals surface area (Å²) in [7, 11) is 0. The summed E-state index contributed by atoms with van der Waals surface area (Å²) in [6.07, 6.45) is 0. The Bertz CT molecular complexity index is 452. The first-order valence-corrected chi connectivity index (χ1v) is 4.45. The van der Waals surface area contributed by atoms with Crippen molar-refractivity contribution in [2.24, 2.45) is 0 Å². The van der Waals surface area contributed by atoms with E-state index in [1.807, 2.05) is 19.9 Å². The normalized spacial score (nSPS) is 8.93. The summed E-state index contributed by atoms with van der Waals surface area (Å²) in [6.45, 7) is 3.73. The topological polar surface area (TPSA) is 59.6 Å². The molecule has 0 atom stereocenters. The first-order chi connectivity index (χ1) is 6.65. The number of rotatable bonds is 1. The summed E-state index contributed by atoms with van der Waals surface area (Å²) >= 11 is 3.89. The molecule has 0 radical (unpaired) electrons. The van der Waals surface area contributed by atoms with Gasteiger partial charge < -0.3 is 4.72 Å². The van der Waals surface area contributed by atoms with Crippen molar-refractivity contribution in [3.8, 4) is 12.1 Å². The predicted molar refractivity (Wildman–Crippen MR) is 58.0 cm³/mol. The summed E-state index contributed by atoms with van der Waals surface area (Å²) in [6, 6.07) is 5.84. The first-order valence-electron chi connectivity index (χ1n) is 4.00. The van der Waals surface area contributed by atoms with E-state index in [0.29, 0.717) is 16.8 Å². The molecular weight excluding hydrogens is 194 g/mol. The maximum atomic E-state index is 8.94. The van der Waals surface area contributed by atoms with E-state index in [1.54, 1.807) is 6.07 Å². The standard InChI is InChI=1S/C10H9N3S/c1-6-3-8(4-11)10(13-14)9(5-12)7(6)2/h3,13-14H,1-2H3. The van der Waals surface area contributed by atoms with E-state index < -0.39 is 0 Å². The highest BCUT2D eigenvalue weighted by Gasteiger charge is 2.12. The van der Waals surface area contributed by atoms with Gasteiger partial charge in [0.1, 0.15) is 12.1 Å². The number of nitriles is 2. The zero-order valence-electron chi connectivity index (χ0n) is 7.92. The van der Waals surface area contributed by atoms with Crippen molar-refractivity contribution < 1.29 is 0 Å². The van der Waals surface area contributed by atoms with Crippen LogP contribution in [0.25, 0.3) is 0 Å². The molecule has 1 N–H and O–H groups in total. The van der Waals surface area contributed by atoms with Crippen molar-refractivity contribution in [2.45, 2.75) is 13.8 Å². The first kappa shape index (κ1) is 10.4. The second-order valence-electron chi connectivity index (χ2n) is 2.95. The largest absolute Gasteiger partial charge is 0.330 e. The third kappa shape index (κ3) is 1.53. The van der Waals surface area contributed by atoms with Gasteiger partial charge in [0.05, 0.1) is 16.8 Å². The molecule has 0 aliphatic carbocycles. The molecule has 0 saturated heterocycles. The molecule has 0 saturated carbocycles. The molecule has 3 nitrogen and oxygen atoms in total. The highest BCUT2D eigenvalue weighted by atomic mass is 32.1. The van der Waals surface area contributed by atoms with Gasteiger partial charge in [-0.1, -0.05) is 12.8 Å². The summed E-state index contributed by atoms with van der Waals surface area (Å²) in [5, 5.41) is 17.8. The number of benzene rings is 1. The zero-order valence-corrected chi connectivity index (χ0v) is 8.81. The summed E-state index contributed by atoms with van der Waals surface area (Å²) < 4.78 is 2.58. The third-order valence-corrected chi connectivity index (χ3v) is 2.41.